The van der Waals surface area contributed by atoms with E-state index in [2.05, 4.69) is 10.2 Å². The van der Waals surface area contributed by atoms with Crippen molar-refractivity contribution >= 4 is 17.4 Å². The van der Waals surface area contributed by atoms with E-state index in [1.54, 1.807) is 16.3 Å². The second-order valence-electron chi connectivity index (χ2n) is 4.45. The Morgan fingerprint density at radius 2 is 2.33 bits per heavy atom. The fourth-order valence-corrected chi connectivity index (χ4v) is 2.83. The molecule has 1 saturated carbocycles. The number of anilines is 1. The highest BCUT2D eigenvalue weighted by molar-refractivity contribution is 7.98. The molecule has 1 aliphatic rings. The standard InChI is InChI=1S/C12H14N4OS/c13-9-3-1-2-8(6-9)7-18-12-15-14-11(17)16(12)10-4-5-10/h1-3,6,10H,4-5,7,13H2,(H,14,17). The van der Waals surface area contributed by atoms with Crippen LogP contribution in [0.4, 0.5) is 5.69 Å². The van der Waals surface area contributed by atoms with Crippen molar-refractivity contribution in [1.29, 1.82) is 0 Å². The highest BCUT2D eigenvalue weighted by atomic mass is 32.2. The molecule has 0 bridgehead atoms. The lowest BCUT2D eigenvalue weighted by Gasteiger charge is -2.04. The Morgan fingerprint density at radius 1 is 1.50 bits per heavy atom. The first kappa shape index (κ1) is 11.4. The molecule has 1 aromatic carbocycles. The van der Waals surface area contributed by atoms with Crippen LogP contribution in [0, 0.1) is 0 Å². The van der Waals surface area contributed by atoms with Crippen LogP contribution in [0.25, 0.3) is 0 Å². The lowest BCUT2D eigenvalue weighted by Crippen LogP contribution is -2.16. The maximum Gasteiger partial charge on any atom is 0.344 e. The molecule has 0 atom stereocenters. The van der Waals surface area contributed by atoms with Crippen LogP contribution < -0.4 is 11.4 Å². The maximum atomic E-state index is 11.6. The van der Waals surface area contributed by atoms with Crippen molar-refractivity contribution in [3.63, 3.8) is 0 Å². The summed E-state index contributed by atoms with van der Waals surface area (Å²) < 4.78 is 1.76. The molecule has 3 N–H and O–H groups in total. The van der Waals surface area contributed by atoms with Gasteiger partial charge in [0.05, 0.1) is 0 Å². The number of nitrogen functional groups attached to an aromatic ring is 1. The maximum absolute atomic E-state index is 11.6. The van der Waals surface area contributed by atoms with Gasteiger partial charge in [0.1, 0.15) is 0 Å². The van der Waals surface area contributed by atoms with E-state index in [-0.39, 0.29) is 5.69 Å². The first-order chi connectivity index (χ1) is 8.74. The van der Waals surface area contributed by atoms with Gasteiger partial charge in [0, 0.05) is 17.5 Å². The summed E-state index contributed by atoms with van der Waals surface area (Å²) in [5.74, 6) is 0.766. The number of thioether (sulfide) groups is 1. The fraction of sp³-hybridized carbons (Fsp3) is 0.333. The van der Waals surface area contributed by atoms with Crippen molar-refractivity contribution in [2.45, 2.75) is 29.8 Å². The minimum Gasteiger partial charge on any atom is -0.399 e. The van der Waals surface area contributed by atoms with Gasteiger partial charge >= 0.3 is 5.69 Å². The summed E-state index contributed by atoms with van der Waals surface area (Å²) in [4.78, 5) is 11.6. The zero-order chi connectivity index (χ0) is 12.5. The molecule has 0 amide bonds. The van der Waals surface area contributed by atoms with E-state index >= 15 is 0 Å². The van der Waals surface area contributed by atoms with Crippen LogP contribution in [0.3, 0.4) is 0 Å². The normalized spacial score (nSPS) is 14.9. The average Bonchev–Trinajstić information content (AvgIpc) is 3.11. The van der Waals surface area contributed by atoms with Gasteiger partial charge in [-0.05, 0) is 30.5 Å². The Balaban J connectivity index is 1.75. The van der Waals surface area contributed by atoms with Crippen LogP contribution >= 0.6 is 11.8 Å². The third-order valence-corrected chi connectivity index (χ3v) is 3.93. The molecule has 0 radical (unpaired) electrons. The number of nitrogens with two attached hydrogens (primary N) is 1. The van der Waals surface area contributed by atoms with Gasteiger partial charge < -0.3 is 5.73 Å². The van der Waals surface area contributed by atoms with E-state index in [0.717, 1.165) is 35.0 Å². The van der Waals surface area contributed by atoms with E-state index in [1.807, 2.05) is 24.3 Å². The fourth-order valence-electron chi connectivity index (χ4n) is 1.88. The first-order valence-electron chi connectivity index (χ1n) is 5.88. The lowest BCUT2D eigenvalue weighted by molar-refractivity contribution is 0.642. The van der Waals surface area contributed by atoms with Gasteiger partial charge in [-0.3, -0.25) is 4.57 Å². The molecule has 1 heterocycles. The van der Waals surface area contributed by atoms with E-state index in [4.69, 9.17) is 5.73 Å². The van der Waals surface area contributed by atoms with Crippen LogP contribution in [-0.2, 0) is 5.75 Å². The van der Waals surface area contributed by atoms with Crippen molar-refractivity contribution in [1.82, 2.24) is 14.8 Å². The number of hydrogen-bond acceptors (Lipinski definition) is 4. The molecule has 1 fully saturated rings. The van der Waals surface area contributed by atoms with Crippen LogP contribution in [0.2, 0.25) is 0 Å². The number of hydrogen-bond donors (Lipinski definition) is 2. The molecule has 94 valence electrons. The summed E-state index contributed by atoms with van der Waals surface area (Å²) in [6.45, 7) is 0. The predicted molar refractivity (Wildman–Crippen MR) is 71.5 cm³/mol. The summed E-state index contributed by atoms with van der Waals surface area (Å²) in [7, 11) is 0. The van der Waals surface area contributed by atoms with Gasteiger partial charge in [-0.15, -0.1) is 5.10 Å². The molecule has 3 rings (SSSR count). The zero-order valence-corrected chi connectivity index (χ0v) is 10.6. The lowest BCUT2D eigenvalue weighted by atomic mass is 10.2. The smallest absolute Gasteiger partial charge is 0.344 e. The topological polar surface area (TPSA) is 76.7 Å². The number of nitrogens with one attached hydrogen (secondary N) is 1. The minimum absolute atomic E-state index is 0.104. The quantitative estimate of drug-likeness (QED) is 0.650. The van der Waals surface area contributed by atoms with Gasteiger partial charge in [0.25, 0.3) is 0 Å². The number of aromatic nitrogens is 3. The molecule has 1 aromatic heterocycles. The summed E-state index contributed by atoms with van der Waals surface area (Å²) in [6, 6.07) is 8.11. The van der Waals surface area contributed by atoms with Crippen molar-refractivity contribution in [2.24, 2.45) is 0 Å². The Kier molecular flexibility index (Phi) is 2.87. The SMILES string of the molecule is Nc1cccc(CSc2n[nH]c(=O)n2C2CC2)c1. The Hall–Kier alpha value is -1.69. The Bertz CT molecular complexity index is 615. The molecule has 18 heavy (non-hydrogen) atoms. The molecule has 1 aliphatic carbocycles. The van der Waals surface area contributed by atoms with Crippen LogP contribution in [0.1, 0.15) is 24.4 Å². The van der Waals surface area contributed by atoms with Gasteiger partial charge in [-0.25, -0.2) is 9.89 Å². The second-order valence-corrected chi connectivity index (χ2v) is 5.39. The van der Waals surface area contributed by atoms with Crippen LogP contribution in [0.15, 0.2) is 34.2 Å². The molecule has 0 unspecified atom stereocenters. The van der Waals surface area contributed by atoms with Crippen molar-refractivity contribution < 1.29 is 0 Å². The molecule has 5 nitrogen and oxygen atoms in total. The minimum atomic E-state index is -0.104. The molecule has 2 aromatic rings. The van der Waals surface area contributed by atoms with E-state index < -0.39 is 0 Å². The largest absolute Gasteiger partial charge is 0.399 e. The number of aromatic amines is 1. The number of nitrogens with zero attached hydrogens (tertiary/aromatic N) is 2. The average molecular weight is 262 g/mol. The Labute approximate surface area is 108 Å². The van der Waals surface area contributed by atoms with Crippen LogP contribution in [-0.4, -0.2) is 14.8 Å². The first-order valence-corrected chi connectivity index (χ1v) is 6.87. The second kappa shape index (κ2) is 4.53. The number of benzene rings is 1. The Morgan fingerprint density at radius 3 is 3.06 bits per heavy atom. The molecule has 0 saturated heterocycles. The van der Waals surface area contributed by atoms with Gasteiger partial charge in [0.2, 0.25) is 0 Å². The van der Waals surface area contributed by atoms with Crippen molar-refractivity contribution in [3.05, 3.63) is 40.3 Å². The number of H-pyrrole nitrogens is 1. The van der Waals surface area contributed by atoms with Gasteiger partial charge in [-0.2, -0.15) is 0 Å². The molecular weight excluding hydrogens is 248 g/mol. The monoisotopic (exact) mass is 262 g/mol. The third kappa shape index (κ3) is 2.28. The summed E-state index contributed by atoms with van der Waals surface area (Å²) in [5, 5.41) is 7.36. The summed E-state index contributed by atoms with van der Waals surface area (Å²) in [6.07, 6.45) is 2.15. The molecule has 0 aliphatic heterocycles. The third-order valence-electron chi connectivity index (χ3n) is 2.90. The molecule has 6 heteroatoms. The summed E-state index contributed by atoms with van der Waals surface area (Å²) in [5.41, 5.74) is 7.53. The highest BCUT2D eigenvalue weighted by Gasteiger charge is 2.28. The van der Waals surface area contributed by atoms with Crippen molar-refractivity contribution in [3.8, 4) is 0 Å². The predicted octanol–water partition coefficient (Wildman–Crippen LogP) is 1.78. The molecular formula is C12H14N4OS. The van der Waals surface area contributed by atoms with Gasteiger partial charge in [0.15, 0.2) is 5.16 Å². The van der Waals surface area contributed by atoms with E-state index in [9.17, 15) is 4.79 Å². The molecule has 0 spiro atoms. The zero-order valence-electron chi connectivity index (χ0n) is 9.80. The highest BCUT2D eigenvalue weighted by Crippen LogP contribution is 2.36. The van der Waals surface area contributed by atoms with E-state index in [0.29, 0.717) is 6.04 Å². The van der Waals surface area contributed by atoms with Gasteiger partial charge in [-0.1, -0.05) is 23.9 Å². The van der Waals surface area contributed by atoms with E-state index in [1.165, 1.54) is 0 Å². The number of rotatable bonds is 4. The summed E-state index contributed by atoms with van der Waals surface area (Å²) >= 11 is 1.56. The van der Waals surface area contributed by atoms with Crippen LogP contribution in [0.5, 0.6) is 0 Å². The van der Waals surface area contributed by atoms with Crippen molar-refractivity contribution in [2.75, 3.05) is 5.73 Å².